The molecule has 0 bridgehead atoms. The SMILES string of the molecule is CCOC(=O)c1cccc(N)c1N(CC)C(C)COC. The zero-order chi connectivity index (χ0) is 15.1. The smallest absolute Gasteiger partial charge is 0.340 e. The largest absolute Gasteiger partial charge is 0.462 e. The number of hydrogen-bond donors (Lipinski definition) is 1. The average molecular weight is 280 g/mol. The molecule has 1 aromatic rings. The maximum atomic E-state index is 12.1. The average Bonchev–Trinajstić information content (AvgIpc) is 2.41. The first-order valence-electron chi connectivity index (χ1n) is 6.87. The number of methoxy groups -OCH3 is 1. The number of ether oxygens (including phenoxy) is 2. The van der Waals surface area contributed by atoms with Crippen LogP contribution >= 0.6 is 0 Å². The first-order chi connectivity index (χ1) is 9.56. The van der Waals surface area contributed by atoms with E-state index in [0.717, 1.165) is 12.2 Å². The van der Waals surface area contributed by atoms with Crippen molar-refractivity contribution < 1.29 is 14.3 Å². The standard InChI is InChI=1S/C15H24N2O3/c1-5-17(11(3)10-19-4)14-12(15(18)20-6-2)8-7-9-13(14)16/h7-9,11H,5-6,10,16H2,1-4H3. The Kier molecular flexibility index (Phi) is 6.31. The number of rotatable bonds is 7. The highest BCUT2D eigenvalue weighted by Gasteiger charge is 2.22. The van der Waals surface area contributed by atoms with E-state index in [-0.39, 0.29) is 12.0 Å². The van der Waals surface area contributed by atoms with Crippen LogP contribution in [0.25, 0.3) is 0 Å². The van der Waals surface area contributed by atoms with Crippen LogP contribution in [-0.2, 0) is 9.47 Å². The molecule has 20 heavy (non-hydrogen) atoms. The van der Waals surface area contributed by atoms with E-state index >= 15 is 0 Å². The van der Waals surface area contributed by atoms with Crippen molar-refractivity contribution in [3.05, 3.63) is 23.8 Å². The summed E-state index contributed by atoms with van der Waals surface area (Å²) in [4.78, 5) is 14.1. The Bertz CT molecular complexity index is 449. The molecule has 5 heteroatoms. The van der Waals surface area contributed by atoms with Crippen molar-refractivity contribution >= 4 is 17.3 Å². The van der Waals surface area contributed by atoms with E-state index in [1.54, 1.807) is 32.2 Å². The number of esters is 1. The van der Waals surface area contributed by atoms with Crippen molar-refractivity contribution in [1.29, 1.82) is 0 Å². The molecule has 0 aliphatic carbocycles. The number of carbonyl (C=O) groups excluding carboxylic acids is 1. The quantitative estimate of drug-likeness (QED) is 0.613. The molecule has 0 aliphatic heterocycles. The highest BCUT2D eigenvalue weighted by atomic mass is 16.5. The molecule has 0 saturated heterocycles. The lowest BCUT2D eigenvalue weighted by atomic mass is 10.1. The number of nitrogen functional groups attached to an aromatic ring is 1. The van der Waals surface area contributed by atoms with Gasteiger partial charge in [0.05, 0.1) is 30.2 Å². The van der Waals surface area contributed by atoms with Gasteiger partial charge in [-0.25, -0.2) is 4.79 Å². The van der Waals surface area contributed by atoms with E-state index in [4.69, 9.17) is 15.2 Å². The van der Waals surface area contributed by atoms with Gasteiger partial charge in [0.15, 0.2) is 0 Å². The number of carbonyl (C=O) groups is 1. The van der Waals surface area contributed by atoms with Gasteiger partial charge in [0.2, 0.25) is 0 Å². The molecule has 1 rings (SSSR count). The topological polar surface area (TPSA) is 64.8 Å². The van der Waals surface area contributed by atoms with E-state index in [2.05, 4.69) is 4.90 Å². The van der Waals surface area contributed by atoms with E-state index < -0.39 is 0 Å². The van der Waals surface area contributed by atoms with Gasteiger partial charge in [-0.1, -0.05) is 6.07 Å². The number of likely N-dealkylation sites (N-methyl/N-ethyl adjacent to an activating group) is 1. The lowest BCUT2D eigenvalue weighted by Crippen LogP contribution is -2.37. The molecule has 0 aliphatic rings. The molecular weight excluding hydrogens is 256 g/mol. The monoisotopic (exact) mass is 280 g/mol. The van der Waals surface area contributed by atoms with Gasteiger partial charge in [0, 0.05) is 19.7 Å². The fraction of sp³-hybridized carbons (Fsp3) is 0.533. The molecule has 0 heterocycles. The van der Waals surface area contributed by atoms with Crippen molar-refractivity contribution in [2.24, 2.45) is 0 Å². The van der Waals surface area contributed by atoms with Crippen LogP contribution in [0.1, 0.15) is 31.1 Å². The summed E-state index contributed by atoms with van der Waals surface area (Å²) in [5, 5.41) is 0. The maximum absolute atomic E-state index is 12.1. The highest BCUT2D eigenvalue weighted by molar-refractivity contribution is 5.99. The minimum absolute atomic E-state index is 0.114. The molecule has 2 N–H and O–H groups in total. The molecule has 0 saturated carbocycles. The Morgan fingerprint density at radius 1 is 1.40 bits per heavy atom. The fourth-order valence-corrected chi connectivity index (χ4v) is 2.28. The third-order valence-corrected chi connectivity index (χ3v) is 3.13. The van der Waals surface area contributed by atoms with Crippen LogP contribution in [0.4, 0.5) is 11.4 Å². The van der Waals surface area contributed by atoms with Crippen LogP contribution in [0.15, 0.2) is 18.2 Å². The Hall–Kier alpha value is -1.75. The minimum atomic E-state index is -0.349. The third kappa shape index (κ3) is 3.63. The summed E-state index contributed by atoms with van der Waals surface area (Å²) in [6.45, 7) is 7.47. The summed E-state index contributed by atoms with van der Waals surface area (Å²) < 4.78 is 10.3. The second-order valence-corrected chi connectivity index (χ2v) is 4.55. The van der Waals surface area contributed by atoms with Crippen molar-refractivity contribution in [3.8, 4) is 0 Å². The Morgan fingerprint density at radius 3 is 2.65 bits per heavy atom. The van der Waals surface area contributed by atoms with Gasteiger partial charge in [0.1, 0.15) is 0 Å². The van der Waals surface area contributed by atoms with Crippen molar-refractivity contribution in [3.63, 3.8) is 0 Å². The Labute approximate surface area is 120 Å². The van der Waals surface area contributed by atoms with E-state index in [1.807, 2.05) is 13.8 Å². The normalized spacial score (nSPS) is 12.0. The molecule has 1 unspecified atom stereocenters. The van der Waals surface area contributed by atoms with Crippen LogP contribution < -0.4 is 10.6 Å². The van der Waals surface area contributed by atoms with Crippen LogP contribution in [0.2, 0.25) is 0 Å². The number of anilines is 2. The van der Waals surface area contributed by atoms with Crippen molar-refractivity contribution in [2.75, 3.05) is 37.5 Å². The molecule has 0 spiro atoms. The molecule has 112 valence electrons. The van der Waals surface area contributed by atoms with Gasteiger partial charge in [-0.3, -0.25) is 0 Å². The summed E-state index contributed by atoms with van der Waals surface area (Å²) in [6, 6.07) is 5.41. The zero-order valence-corrected chi connectivity index (χ0v) is 12.7. The molecule has 0 amide bonds. The van der Waals surface area contributed by atoms with Gasteiger partial charge < -0.3 is 20.1 Å². The van der Waals surface area contributed by atoms with Gasteiger partial charge in [0.25, 0.3) is 0 Å². The molecule has 0 fully saturated rings. The first kappa shape index (κ1) is 16.3. The first-order valence-corrected chi connectivity index (χ1v) is 6.87. The molecule has 5 nitrogen and oxygen atoms in total. The van der Waals surface area contributed by atoms with E-state index in [9.17, 15) is 4.79 Å². The van der Waals surface area contributed by atoms with Crippen molar-refractivity contribution in [2.45, 2.75) is 26.8 Å². The summed E-state index contributed by atoms with van der Waals surface area (Å²) >= 11 is 0. The second kappa shape index (κ2) is 7.75. The zero-order valence-electron chi connectivity index (χ0n) is 12.7. The lowest BCUT2D eigenvalue weighted by molar-refractivity contribution is 0.0527. The highest BCUT2D eigenvalue weighted by Crippen LogP contribution is 2.30. The molecular formula is C15H24N2O3. The second-order valence-electron chi connectivity index (χ2n) is 4.55. The van der Waals surface area contributed by atoms with Crippen molar-refractivity contribution in [1.82, 2.24) is 0 Å². The van der Waals surface area contributed by atoms with Crippen LogP contribution in [-0.4, -0.2) is 38.9 Å². The molecule has 0 radical (unpaired) electrons. The number of para-hydroxylation sites is 1. The third-order valence-electron chi connectivity index (χ3n) is 3.13. The van der Waals surface area contributed by atoms with Gasteiger partial charge in [-0.2, -0.15) is 0 Å². The minimum Gasteiger partial charge on any atom is -0.462 e. The molecule has 1 aromatic carbocycles. The maximum Gasteiger partial charge on any atom is 0.340 e. The Morgan fingerprint density at radius 2 is 2.10 bits per heavy atom. The predicted octanol–water partition coefficient (Wildman–Crippen LogP) is 2.31. The predicted molar refractivity (Wildman–Crippen MR) is 81.2 cm³/mol. The van der Waals surface area contributed by atoms with Gasteiger partial charge in [-0.15, -0.1) is 0 Å². The number of nitrogens with two attached hydrogens (primary N) is 1. The summed E-state index contributed by atoms with van der Waals surface area (Å²) in [5.74, 6) is -0.349. The van der Waals surface area contributed by atoms with Crippen LogP contribution in [0, 0.1) is 0 Å². The van der Waals surface area contributed by atoms with E-state index in [0.29, 0.717) is 24.5 Å². The lowest BCUT2D eigenvalue weighted by Gasteiger charge is -2.32. The number of benzene rings is 1. The molecule has 0 aromatic heterocycles. The van der Waals surface area contributed by atoms with Crippen LogP contribution in [0.5, 0.6) is 0 Å². The summed E-state index contributed by atoms with van der Waals surface area (Å²) in [6.07, 6.45) is 0. The van der Waals surface area contributed by atoms with Gasteiger partial charge in [-0.05, 0) is 32.9 Å². The fourth-order valence-electron chi connectivity index (χ4n) is 2.28. The van der Waals surface area contributed by atoms with E-state index in [1.165, 1.54) is 0 Å². The number of nitrogens with zero attached hydrogens (tertiary/aromatic N) is 1. The molecule has 1 atom stereocenters. The Balaban J connectivity index is 3.22. The number of hydrogen-bond acceptors (Lipinski definition) is 5. The summed E-state index contributed by atoms with van der Waals surface area (Å²) in [7, 11) is 1.66. The van der Waals surface area contributed by atoms with Gasteiger partial charge >= 0.3 is 5.97 Å². The summed E-state index contributed by atoms with van der Waals surface area (Å²) in [5.41, 5.74) is 7.86. The van der Waals surface area contributed by atoms with Crippen LogP contribution in [0.3, 0.4) is 0 Å².